The molecule has 3 nitrogen and oxygen atoms in total. The quantitative estimate of drug-likeness (QED) is 0.734. The Kier molecular flexibility index (Phi) is 4.22. The minimum Gasteiger partial charge on any atom is -0.474 e. The Morgan fingerprint density at radius 3 is 1.43 bits per heavy atom. The lowest BCUT2D eigenvalue weighted by Crippen LogP contribution is -1.97. The topological polar surface area (TPSA) is 34.2 Å². The molecule has 3 rings (SSSR count). The summed E-state index contributed by atoms with van der Waals surface area (Å²) in [6.07, 6.45) is 0. The Morgan fingerprint density at radius 2 is 1.00 bits per heavy atom. The Bertz CT molecular complexity index is 604. The van der Waals surface area contributed by atoms with Crippen LogP contribution in [0.15, 0.2) is 72.8 Å². The average molecular weight is 279 g/mol. The number of ether oxygens (including phenoxy) is 2. The number of benzene rings is 2. The molecule has 0 saturated heterocycles. The molecule has 1 N–H and O–H groups in total. The first kappa shape index (κ1) is 13.3. The van der Waals surface area contributed by atoms with Crippen LogP contribution in [0.3, 0.4) is 0 Å². The lowest BCUT2D eigenvalue weighted by atomic mass is 10.2. The molecule has 0 aliphatic carbocycles. The summed E-state index contributed by atoms with van der Waals surface area (Å²) in [5, 5.41) is 0. The molecule has 0 aliphatic heterocycles. The smallest absolute Gasteiger partial charge is 0.193 e. The lowest BCUT2D eigenvalue weighted by Gasteiger charge is -2.05. The number of hydrogen-bond acceptors (Lipinski definition) is 2. The standard InChI is InChI=1S/C18H17NO2/c1-3-7-15(8-4-1)13-20-17-11-12-18(19-17)21-14-16-9-5-2-6-10-16/h1-12,19H,13-14H2. The van der Waals surface area contributed by atoms with Crippen LogP contribution in [0.1, 0.15) is 11.1 Å². The maximum absolute atomic E-state index is 5.69. The zero-order valence-electron chi connectivity index (χ0n) is 11.7. The fraction of sp³-hybridized carbons (Fsp3) is 0.111. The van der Waals surface area contributed by atoms with Crippen LogP contribution in [-0.4, -0.2) is 4.98 Å². The highest BCUT2D eigenvalue weighted by Gasteiger charge is 2.01. The van der Waals surface area contributed by atoms with E-state index in [1.54, 1.807) is 0 Å². The van der Waals surface area contributed by atoms with E-state index in [4.69, 9.17) is 9.47 Å². The van der Waals surface area contributed by atoms with E-state index >= 15 is 0 Å². The van der Waals surface area contributed by atoms with Crippen molar-refractivity contribution >= 4 is 0 Å². The summed E-state index contributed by atoms with van der Waals surface area (Å²) in [5.74, 6) is 1.42. The molecule has 0 aliphatic rings. The van der Waals surface area contributed by atoms with Gasteiger partial charge in [0.25, 0.3) is 0 Å². The molecular weight excluding hydrogens is 262 g/mol. The molecule has 0 unspecified atom stereocenters. The third kappa shape index (κ3) is 3.89. The van der Waals surface area contributed by atoms with Crippen LogP contribution in [0.2, 0.25) is 0 Å². The second-order valence-electron chi connectivity index (χ2n) is 4.74. The van der Waals surface area contributed by atoms with Crippen LogP contribution in [0.4, 0.5) is 0 Å². The van der Waals surface area contributed by atoms with Crippen LogP contribution >= 0.6 is 0 Å². The molecule has 0 fully saturated rings. The second-order valence-corrected chi connectivity index (χ2v) is 4.74. The van der Waals surface area contributed by atoms with E-state index in [-0.39, 0.29) is 0 Å². The molecule has 0 spiro atoms. The van der Waals surface area contributed by atoms with Crippen LogP contribution in [-0.2, 0) is 13.2 Å². The van der Waals surface area contributed by atoms with E-state index in [1.807, 2.05) is 72.8 Å². The first-order valence-electron chi connectivity index (χ1n) is 6.92. The molecular formula is C18H17NO2. The van der Waals surface area contributed by atoms with Gasteiger partial charge in [0, 0.05) is 12.1 Å². The molecule has 106 valence electrons. The molecule has 0 amide bonds. The third-order valence-corrected chi connectivity index (χ3v) is 3.11. The highest BCUT2D eigenvalue weighted by atomic mass is 16.5. The molecule has 0 atom stereocenters. The lowest BCUT2D eigenvalue weighted by molar-refractivity contribution is 0.275. The molecule has 0 saturated carbocycles. The molecule has 3 aromatic rings. The maximum atomic E-state index is 5.69. The highest BCUT2D eigenvalue weighted by Crippen LogP contribution is 2.18. The second kappa shape index (κ2) is 6.66. The first-order valence-corrected chi connectivity index (χ1v) is 6.92. The summed E-state index contributed by atoms with van der Waals surface area (Å²) in [7, 11) is 0. The van der Waals surface area contributed by atoms with E-state index < -0.39 is 0 Å². The van der Waals surface area contributed by atoms with Crippen LogP contribution in [0.5, 0.6) is 11.8 Å². The molecule has 21 heavy (non-hydrogen) atoms. The van der Waals surface area contributed by atoms with Crippen LogP contribution < -0.4 is 9.47 Å². The van der Waals surface area contributed by atoms with E-state index in [0.29, 0.717) is 25.0 Å². The predicted molar refractivity (Wildman–Crippen MR) is 82.3 cm³/mol. The van der Waals surface area contributed by atoms with Gasteiger partial charge in [0.15, 0.2) is 11.8 Å². The van der Waals surface area contributed by atoms with Crippen LogP contribution in [0, 0.1) is 0 Å². The van der Waals surface area contributed by atoms with Gasteiger partial charge >= 0.3 is 0 Å². The summed E-state index contributed by atoms with van der Waals surface area (Å²) >= 11 is 0. The molecule has 2 aromatic carbocycles. The van der Waals surface area contributed by atoms with Gasteiger partial charge in [-0.3, -0.25) is 4.98 Å². The van der Waals surface area contributed by atoms with Crippen molar-refractivity contribution in [2.24, 2.45) is 0 Å². The Labute approximate surface area is 124 Å². The average Bonchev–Trinajstić information content (AvgIpc) is 3.01. The van der Waals surface area contributed by atoms with Gasteiger partial charge < -0.3 is 9.47 Å². The third-order valence-electron chi connectivity index (χ3n) is 3.11. The van der Waals surface area contributed by atoms with Crippen molar-refractivity contribution in [3.8, 4) is 11.8 Å². The summed E-state index contributed by atoms with van der Waals surface area (Å²) in [6, 6.07) is 23.9. The van der Waals surface area contributed by atoms with Crippen molar-refractivity contribution in [2.75, 3.05) is 0 Å². The van der Waals surface area contributed by atoms with E-state index in [9.17, 15) is 0 Å². The molecule has 1 heterocycles. The minimum absolute atomic E-state index is 0.541. The van der Waals surface area contributed by atoms with E-state index in [2.05, 4.69) is 4.98 Å². The monoisotopic (exact) mass is 279 g/mol. The van der Waals surface area contributed by atoms with Crippen LogP contribution in [0.25, 0.3) is 0 Å². The van der Waals surface area contributed by atoms with Crippen molar-refractivity contribution < 1.29 is 9.47 Å². The molecule has 1 aromatic heterocycles. The summed E-state index contributed by atoms with van der Waals surface area (Å²) in [6.45, 7) is 1.08. The molecule has 0 bridgehead atoms. The summed E-state index contributed by atoms with van der Waals surface area (Å²) < 4.78 is 11.4. The predicted octanol–water partition coefficient (Wildman–Crippen LogP) is 4.17. The summed E-state index contributed by atoms with van der Waals surface area (Å²) in [5.41, 5.74) is 2.28. The van der Waals surface area contributed by atoms with Gasteiger partial charge in [-0.25, -0.2) is 0 Å². The van der Waals surface area contributed by atoms with Gasteiger partial charge in [-0.05, 0) is 11.1 Å². The molecule has 3 heteroatoms. The number of aromatic nitrogens is 1. The highest BCUT2D eigenvalue weighted by molar-refractivity contribution is 5.24. The Morgan fingerprint density at radius 1 is 0.571 bits per heavy atom. The van der Waals surface area contributed by atoms with E-state index in [1.165, 1.54) is 0 Å². The number of nitrogens with one attached hydrogen (secondary N) is 1. The Hall–Kier alpha value is -2.68. The van der Waals surface area contributed by atoms with Gasteiger partial charge in [0.1, 0.15) is 13.2 Å². The SMILES string of the molecule is c1ccc(COc2ccc(OCc3ccccc3)[nH]2)cc1. The van der Waals surface area contributed by atoms with E-state index in [0.717, 1.165) is 11.1 Å². The normalized spacial score (nSPS) is 10.3. The number of hydrogen-bond donors (Lipinski definition) is 1. The first-order chi connectivity index (χ1) is 10.4. The number of H-pyrrole nitrogens is 1. The van der Waals surface area contributed by atoms with Crippen molar-refractivity contribution in [1.29, 1.82) is 0 Å². The molecule has 0 radical (unpaired) electrons. The fourth-order valence-electron chi connectivity index (χ4n) is 2.00. The van der Waals surface area contributed by atoms with Gasteiger partial charge in [-0.1, -0.05) is 60.7 Å². The minimum atomic E-state index is 0.541. The summed E-state index contributed by atoms with van der Waals surface area (Å²) in [4.78, 5) is 3.11. The van der Waals surface area contributed by atoms with Gasteiger partial charge in [0.05, 0.1) is 0 Å². The van der Waals surface area contributed by atoms with Crippen molar-refractivity contribution in [2.45, 2.75) is 13.2 Å². The van der Waals surface area contributed by atoms with Gasteiger partial charge in [-0.2, -0.15) is 0 Å². The van der Waals surface area contributed by atoms with Gasteiger partial charge in [-0.15, -0.1) is 0 Å². The van der Waals surface area contributed by atoms with Crippen molar-refractivity contribution in [3.05, 3.63) is 83.9 Å². The number of aromatic amines is 1. The Balaban J connectivity index is 1.52. The maximum Gasteiger partial charge on any atom is 0.193 e. The number of rotatable bonds is 6. The zero-order chi connectivity index (χ0) is 14.3. The fourth-order valence-corrected chi connectivity index (χ4v) is 2.00. The zero-order valence-corrected chi connectivity index (χ0v) is 11.7. The largest absolute Gasteiger partial charge is 0.474 e. The van der Waals surface area contributed by atoms with Gasteiger partial charge in [0.2, 0.25) is 0 Å². The van der Waals surface area contributed by atoms with Crippen molar-refractivity contribution in [1.82, 2.24) is 4.98 Å². The van der Waals surface area contributed by atoms with Crippen molar-refractivity contribution in [3.63, 3.8) is 0 Å².